The van der Waals surface area contributed by atoms with Crippen molar-refractivity contribution in [1.29, 1.82) is 0 Å². The number of sulfonamides is 1. The second-order valence-electron chi connectivity index (χ2n) is 7.99. The normalized spacial score (nSPS) is 17.3. The van der Waals surface area contributed by atoms with Crippen LogP contribution in [0.1, 0.15) is 27.3 Å². The minimum atomic E-state index is -3.57. The highest BCUT2D eigenvalue weighted by atomic mass is 32.2. The first-order valence-corrected chi connectivity index (χ1v) is 11.8. The number of rotatable bonds is 3. The number of nitrogens with zero attached hydrogens (tertiary/aromatic N) is 4. The Morgan fingerprint density at radius 2 is 1.84 bits per heavy atom. The number of aromatic nitrogens is 2. The van der Waals surface area contributed by atoms with Crippen molar-refractivity contribution in [1.82, 2.24) is 13.7 Å². The van der Waals surface area contributed by atoms with E-state index in [0.29, 0.717) is 50.7 Å². The molecule has 1 fully saturated rings. The predicted molar refractivity (Wildman–Crippen MR) is 116 cm³/mol. The molecule has 2 aliphatic heterocycles. The van der Waals surface area contributed by atoms with E-state index in [2.05, 4.69) is 4.98 Å². The molecule has 0 atom stereocenters. The van der Waals surface area contributed by atoms with E-state index in [1.54, 1.807) is 23.1 Å². The van der Waals surface area contributed by atoms with Crippen LogP contribution in [0.25, 0.3) is 5.65 Å². The van der Waals surface area contributed by atoms with Crippen LogP contribution in [-0.4, -0.2) is 60.9 Å². The molecule has 9 heteroatoms. The Morgan fingerprint density at radius 1 is 1.06 bits per heavy atom. The van der Waals surface area contributed by atoms with Crippen molar-refractivity contribution in [2.24, 2.45) is 0 Å². The van der Waals surface area contributed by atoms with E-state index in [9.17, 15) is 13.2 Å². The van der Waals surface area contributed by atoms with Crippen molar-refractivity contribution in [2.45, 2.75) is 25.2 Å². The average molecular weight is 441 g/mol. The van der Waals surface area contributed by atoms with Crippen molar-refractivity contribution < 1.29 is 17.9 Å². The topological polar surface area (TPSA) is 84.2 Å². The lowest BCUT2D eigenvalue weighted by Crippen LogP contribution is -2.40. The van der Waals surface area contributed by atoms with E-state index < -0.39 is 10.0 Å². The summed E-state index contributed by atoms with van der Waals surface area (Å²) in [5.41, 5.74) is 4.61. The molecule has 0 unspecified atom stereocenters. The summed E-state index contributed by atoms with van der Waals surface area (Å²) in [6.45, 7) is 5.85. The van der Waals surface area contributed by atoms with Gasteiger partial charge in [-0.25, -0.2) is 13.4 Å². The Labute approximate surface area is 181 Å². The Kier molecular flexibility index (Phi) is 4.84. The van der Waals surface area contributed by atoms with Crippen LogP contribution in [0.2, 0.25) is 0 Å². The fourth-order valence-electron chi connectivity index (χ4n) is 4.34. The van der Waals surface area contributed by atoms with Gasteiger partial charge >= 0.3 is 0 Å². The number of pyridine rings is 1. The van der Waals surface area contributed by atoms with Gasteiger partial charge in [0.2, 0.25) is 10.0 Å². The van der Waals surface area contributed by atoms with Crippen molar-refractivity contribution in [3.8, 4) is 0 Å². The van der Waals surface area contributed by atoms with Crippen LogP contribution in [0.5, 0.6) is 0 Å². The highest BCUT2D eigenvalue weighted by Gasteiger charge is 2.32. The van der Waals surface area contributed by atoms with Gasteiger partial charge in [0.05, 0.1) is 23.8 Å². The molecule has 3 aromatic rings. The molecule has 1 saturated heterocycles. The molecule has 8 nitrogen and oxygen atoms in total. The van der Waals surface area contributed by atoms with Gasteiger partial charge in [-0.2, -0.15) is 4.31 Å². The smallest absolute Gasteiger partial charge is 0.277 e. The third-order valence-electron chi connectivity index (χ3n) is 5.94. The van der Waals surface area contributed by atoms with Gasteiger partial charge in [-0.05, 0) is 55.7 Å². The number of fused-ring (bicyclic) bond motifs is 2. The van der Waals surface area contributed by atoms with Gasteiger partial charge in [0, 0.05) is 31.5 Å². The van der Waals surface area contributed by atoms with Crippen LogP contribution in [0.4, 0.5) is 5.69 Å². The third kappa shape index (κ3) is 3.33. The lowest BCUT2D eigenvalue weighted by atomic mass is 10.2. The summed E-state index contributed by atoms with van der Waals surface area (Å²) in [6.07, 6.45) is 2.53. The quantitative estimate of drug-likeness (QED) is 0.623. The van der Waals surface area contributed by atoms with E-state index in [4.69, 9.17) is 4.74 Å². The molecule has 1 amide bonds. The first kappa shape index (κ1) is 20.2. The van der Waals surface area contributed by atoms with Gasteiger partial charge in [-0.15, -0.1) is 0 Å². The molecule has 0 aliphatic carbocycles. The number of anilines is 1. The molecule has 0 bridgehead atoms. The van der Waals surface area contributed by atoms with E-state index in [-0.39, 0.29) is 10.8 Å². The molecular formula is C22H24N4O4S. The average Bonchev–Trinajstić information content (AvgIpc) is 3.33. The molecular weight excluding hydrogens is 416 g/mol. The van der Waals surface area contributed by atoms with E-state index in [1.165, 1.54) is 4.31 Å². The Balaban J connectivity index is 1.49. The number of imidazole rings is 1. The molecule has 4 heterocycles. The van der Waals surface area contributed by atoms with Crippen LogP contribution in [0, 0.1) is 13.8 Å². The van der Waals surface area contributed by atoms with Gasteiger partial charge in [-0.1, -0.05) is 6.07 Å². The highest BCUT2D eigenvalue weighted by Crippen LogP contribution is 2.33. The number of amides is 1. The number of ether oxygens (including phenoxy) is 1. The number of hydrogen-bond donors (Lipinski definition) is 0. The third-order valence-corrected chi connectivity index (χ3v) is 7.84. The number of carbonyl (C=O) groups is 1. The summed E-state index contributed by atoms with van der Waals surface area (Å²) < 4.78 is 34.5. The standard InChI is InChI=1S/C22H24N4O4S/c1-15-3-6-20-23-16(2)21(26(20)14-15)22(27)25-8-7-17-13-18(4-5-19(17)25)31(28,29)24-9-11-30-12-10-24/h3-6,13-14H,7-12H2,1-2H3. The summed E-state index contributed by atoms with van der Waals surface area (Å²) in [5, 5.41) is 0. The molecule has 0 N–H and O–H groups in total. The first-order valence-electron chi connectivity index (χ1n) is 10.3. The maximum Gasteiger partial charge on any atom is 0.277 e. The largest absolute Gasteiger partial charge is 0.379 e. The monoisotopic (exact) mass is 440 g/mol. The fraction of sp³-hybridized carbons (Fsp3) is 0.364. The van der Waals surface area contributed by atoms with Crippen LogP contribution in [0.15, 0.2) is 41.4 Å². The number of benzene rings is 1. The van der Waals surface area contributed by atoms with Gasteiger partial charge in [-0.3, -0.25) is 9.20 Å². The lowest BCUT2D eigenvalue weighted by Gasteiger charge is -2.26. The minimum Gasteiger partial charge on any atom is -0.379 e. The molecule has 2 aliphatic rings. The second-order valence-corrected chi connectivity index (χ2v) is 9.93. The highest BCUT2D eigenvalue weighted by molar-refractivity contribution is 7.89. The fourth-order valence-corrected chi connectivity index (χ4v) is 5.80. The summed E-state index contributed by atoms with van der Waals surface area (Å²) in [5.74, 6) is -0.127. The second kappa shape index (κ2) is 7.44. The lowest BCUT2D eigenvalue weighted by molar-refractivity contribution is 0.0730. The van der Waals surface area contributed by atoms with Gasteiger partial charge in [0.25, 0.3) is 5.91 Å². The summed E-state index contributed by atoms with van der Waals surface area (Å²) in [4.78, 5) is 20.0. The molecule has 1 aromatic carbocycles. The van der Waals surface area contributed by atoms with E-state index in [1.807, 2.05) is 36.6 Å². The summed E-state index contributed by atoms with van der Waals surface area (Å²) in [6, 6.07) is 8.93. The summed E-state index contributed by atoms with van der Waals surface area (Å²) >= 11 is 0. The summed E-state index contributed by atoms with van der Waals surface area (Å²) in [7, 11) is -3.57. The first-order chi connectivity index (χ1) is 14.9. The van der Waals surface area contributed by atoms with Gasteiger partial charge < -0.3 is 9.64 Å². The van der Waals surface area contributed by atoms with Gasteiger partial charge in [0.15, 0.2) is 0 Å². The zero-order valence-corrected chi connectivity index (χ0v) is 18.4. The zero-order valence-electron chi connectivity index (χ0n) is 17.5. The number of hydrogen-bond acceptors (Lipinski definition) is 5. The molecule has 0 radical (unpaired) electrons. The van der Waals surface area contributed by atoms with Crippen LogP contribution < -0.4 is 4.90 Å². The van der Waals surface area contributed by atoms with Crippen molar-refractivity contribution in [3.05, 3.63) is 59.0 Å². The molecule has 5 rings (SSSR count). The van der Waals surface area contributed by atoms with Crippen LogP contribution in [0.3, 0.4) is 0 Å². The molecule has 0 saturated carbocycles. The number of morpholine rings is 1. The van der Waals surface area contributed by atoms with E-state index >= 15 is 0 Å². The molecule has 31 heavy (non-hydrogen) atoms. The minimum absolute atomic E-state index is 0.127. The van der Waals surface area contributed by atoms with Crippen LogP contribution >= 0.6 is 0 Å². The number of carbonyl (C=O) groups excluding carboxylic acids is 1. The van der Waals surface area contributed by atoms with E-state index in [0.717, 1.165) is 22.5 Å². The number of aryl methyl sites for hydroxylation is 2. The SMILES string of the molecule is Cc1ccc2nc(C)c(C(=O)N3CCc4cc(S(=O)(=O)N5CCOCC5)ccc43)n2c1. The Bertz CT molecular complexity index is 1290. The molecule has 162 valence electrons. The molecule has 0 spiro atoms. The Hall–Kier alpha value is -2.75. The van der Waals surface area contributed by atoms with Crippen LogP contribution in [-0.2, 0) is 21.2 Å². The zero-order chi connectivity index (χ0) is 21.8. The van der Waals surface area contributed by atoms with Crippen molar-refractivity contribution in [3.63, 3.8) is 0 Å². The Morgan fingerprint density at radius 3 is 2.61 bits per heavy atom. The van der Waals surface area contributed by atoms with Crippen molar-refractivity contribution in [2.75, 3.05) is 37.7 Å². The van der Waals surface area contributed by atoms with Crippen molar-refractivity contribution >= 4 is 27.3 Å². The maximum absolute atomic E-state index is 13.5. The predicted octanol–water partition coefficient (Wildman–Crippen LogP) is 2.17. The molecule has 2 aromatic heterocycles. The maximum atomic E-state index is 13.5. The van der Waals surface area contributed by atoms with Gasteiger partial charge in [0.1, 0.15) is 11.3 Å².